The molecule has 0 radical (unpaired) electrons. The number of anilines is 2. The molecule has 0 aliphatic carbocycles. The van der Waals surface area contributed by atoms with Gasteiger partial charge in [-0.05, 0) is 20.3 Å². The summed E-state index contributed by atoms with van der Waals surface area (Å²) in [6.07, 6.45) is 1.06. The minimum atomic E-state index is 0.677. The van der Waals surface area contributed by atoms with Gasteiger partial charge in [-0.3, -0.25) is 0 Å². The van der Waals surface area contributed by atoms with Crippen LogP contribution < -0.4 is 16.6 Å². The third-order valence-corrected chi connectivity index (χ3v) is 1.94. The maximum absolute atomic E-state index is 5.35. The lowest BCUT2D eigenvalue weighted by Gasteiger charge is -2.11. The van der Waals surface area contributed by atoms with Gasteiger partial charge in [0.1, 0.15) is 17.5 Å². The summed E-state index contributed by atoms with van der Waals surface area (Å²) < 4.78 is 0. The first kappa shape index (κ1) is 10.7. The topological polar surface area (TPSA) is 75.9 Å². The summed E-state index contributed by atoms with van der Waals surface area (Å²) in [6, 6.07) is 0. The second-order valence-electron chi connectivity index (χ2n) is 3.16. The molecule has 0 aliphatic heterocycles. The Bertz CT molecular complexity index is 310. The summed E-state index contributed by atoms with van der Waals surface area (Å²) in [5.74, 6) is 7.59. The Morgan fingerprint density at radius 1 is 1.21 bits per heavy atom. The molecule has 5 nitrogen and oxygen atoms in total. The minimum Gasteiger partial charge on any atom is -0.370 e. The van der Waals surface area contributed by atoms with Crippen LogP contribution in [0, 0.1) is 13.8 Å². The van der Waals surface area contributed by atoms with Crippen LogP contribution in [0.3, 0.4) is 0 Å². The molecule has 0 saturated heterocycles. The van der Waals surface area contributed by atoms with Crippen LogP contribution in [0.4, 0.5) is 11.6 Å². The fraction of sp³-hybridized carbons (Fsp3) is 0.556. The summed E-state index contributed by atoms with van der Waals surface area (Å²) in [5, 5.41) is 3.23. The molecule has 0 amide bonds. The van der Waals surface area contributed by atoms with Crippen molar-refractivity contribution in [2.24, 2.45) is 5.84 Å². The Labute approximate surface area is 84.1 Å². The van der Waals surface area contributed by atoms with E-state index in [0.717, 1.165) is 24.3 Å². The molecule has 0 atom stereocenters. The van der Waals surface area contributed by atoms with E-state index >= 15 is 0 Å². The molecule has 1 aromatic heterocycles. The van der Waals surface area contributed by atoms with Crippen LogP contribution in [-0.2, 0) is 0 Å². The first-order valence-corrected chi connectivity index (χ1v) is 4.74. The van der Waals surface area contributed by atoms with Crippen molar-refractivity contribution in [1.82, 2.24) is 9.97 Å². The zero-order chi connectivity index (χ0) is 10.6. The molecule has 5 heteroatoms. The van der Waals surface area contributed by atoms with E-state index < -0.39 is 0 Å². The maximum atomic E-state index is 5.35. The minimum absolute atomic E-state index is 0.677. The first-order chi connectivity index (χ1) is 6.69. The number of nitrogens with zero attached hydrogens (tertiary/aromatic N) is 2. The van der Waals surface area contributed by atoms with Gasteiger partial charge < -0.3 is 10.7 Å². The lowest BCUT2D eigenvalue weighted by molar-refractivity contribution is 0.945. The van der Waals surface area contributed by atoms with Crippen molar-refractivity contribution in [1.29, 1.82) is 0 Å². The fourth-order valence-electron chi connectivity index (χ4n) is 1.18. The number of hydrazine groups is 1. The van der Waals surface area contributed by atoms with E-state index in [0.29, 0.717) is 11.6 Å². The van der Waals surface area contributed by atoms with Gasteiger partial charge in [0.15, 0.2) is 0 Å². The number of nitrogens with two attached hydrogens (primary N) is 1. The zero-order valence-electron chi connectivity index (χ0n) is 8.89. The second-order valence-corrected chi connectivity index (χ2v) is 3.16. The maximum Gasteiger partial charge on any atom is 0.148 e. The molecular weight excluding hydrogens is 178 g/mol. The quantitative estimate of drug-likeness (QED) is 0.497. The average molecular weight is 195 g/mol. The van der Waals surface area contributed by atoms with E-state index in [2.05, 4.69) is 27.6 Å². The number of aromatic nitrogens is 2. The van der Waals surface area contributed by atoms with Gasteiger partial charge in [-0.15, -0.1) is 0 Å². The summed E-state index contributed by atoms with van der Waals surface area (Å²) >= 11 is 0. The van der Waals surface area contributed by atoms with E-state index in [1.807, 2.05) is 13.8 Å². The van der Waals surface area contributed by atoms with Gasteiger partial charge >= 0.3 is 0 Å². The summed E-state index contributed by atoms with van der Waals surface area (Å²) in [7, 11) is 0. The number of rotatable bonds is 4. The number of nitrogens with one attached hydrogen (secondary N) is 2. The molecule has 0 spiro atoms. The predicted octanol–water partition coefficient (Wildman–Crippen LogP) is 1.20. The predicted molar refractivity (Wildman–Crippen MR) is 58.1 cm³/mol. The Hall–Kier alpha value is -1.36. The molecule has 1 aromatic rings. The molecule has 0 unspecified atom stereocenters. The highest BCUT2D eigenvalue weighted by Crippen LogP contribution is 2.18. The normalized spacial score (nSPS) is 10.0. The lowest BCUT2D eigenvalue weighted by atomic mass is 10.3. The van der Waals surface area contributed by atoms with Crippen molar-refractivity contribution >= 4 is 11.6 Å². The van der Waals surface area contributed by atoms with Gasteiger partial charge in [-0.1, -0.05) is 6.92 Å². The van der Waals surface area contributed by atoms with Crippen molar-refractivity contribution in [2.75, 3.05) is 17.3 Å². The molecule has 4 N–H and O–H groups in total. The Morgan fingerprint density at radius 3 is 2.43 bits per heavy atom. The summed E-state index contributed by atoms with van der Waals surface area (Å²) in [6.45, 7) is 6.80. The van der Waals surface area contributed by atoms with Crippen molar-refractivity contribution in [3.63, 3.8) is 0 Å². The Balaban J connectivity index is 2.96. The van der Waals surface area contributed by atoms with Crippen molar-refractivity contribution in [3.8, 4) is 0 Å². The van der Waals surface area contributed by atoms with Crippen LogP contribution in [-0.4, -0.2) is 16.5 Å². The van der Waals surface area contributed by atoms with Gasteiger partial charge in [0.2, 0.25) is 0 Å². The second kappa shape index (κ2) is 4.76. The van der Waals surface area contributed by atoms with Crippen LogP contribution >= 0.6 is 0 Å². The van der Waals surface area contributed by atoms with E-state index in [9.17, 15) is 0 Å². The molecule has 0 aromatic carbocycles. The smallest absolute Gasteiger partial charge is 0.148 e. The van der Waals surface area contributed by atoms with Crippen LogP contribution in [0.25, 0.3) is 0 Å². The van der Waals surface area contributed by atoms with Crippen LogP contribution in [0.15, 0.2) is 0 Å². The number of aryl methyl sites for hydroxylation is 1. The van der Waals surface area contributed by atoms with Crippen LogP contribution in [0.5, 0.6) is 0 Å². The van der Waals surface area contributed by atoms with Crippen molar-refractivity contribution < 1.29 is 0 Å². The van der Waals surface area contributed by atoms with Crippen LogP contribution in [0.1, 0.15) is 24.7 Å². The zero-order valence-corrected chi connectivity index (χ0v) is 8.89. The largest absolute Gasteiger partial charge is 0.370 e. The molecule has 0 fully saturated rings. The highest BCUT2D eigenvalue weighted by molar-refractivity contribution is 5.56. The lowest BCUT2D eigenvalue weighted by Crippen LogP contribution is -2.14. The number of hydrogen-bond donors (Lipinski definition) is 3. The third-order valence-electron chi connectivity index (χ3n) is 1.94. The molecule has 0 aliphatic rings. The monoisotopic (exact) mass is 195 g/mol. The summed E-state index contributed by atoms with van der Waals surface area (Å²) in [5.41, 5.74) is 3.51. The molecule has 0 bridgehead atoms. The average Bonchev–Trinajstić information content (AvgIpc) is 2.18. The SMILES string of the molecule is CCCNc1nc(C)nc(NN)c1C. The highest BCUT2D eigenvalue weighted by Gasteiger charge is 2.06. The van der Waals surface area contributed by atoms with E-state index in [-0.39, 0.29) is 0 Å². The Kier molecular flexibility index (Phi) is 3.64. The number of hydrogen-bond acceptors (Lipinski definition) is 5. The summed E-state index contributed by atoms with van der Waals surface area (Å²) in [4.78, 5) is 8.47. The van der Waals surface area contributed by atoms with Gasteiger partial charge in [-0.2, -0.15) is 0 Å². The number of nitrogen functional groups attached to an aromatic ring is 1. The molecular formula is C9H17N5. The van der Waals surface area contributed by atoms with E-state index in [1.54, 1.807) is 0 Å². The van der Waals surface area contributed by atoms with Gasteiger partial charge in [-0.25, -0.2) is 15.8 Å². The molecule has 14 heavy (non-hydrogen) atoms. The van der Waals surface area contributed by atoms with Gasteiger partial charge in [0.05, 0.1) is 0 Å². The van der Waals surface area contributed by atoms with E-state index in [1.165, 1.54) is 0 Å². The Morgan fingerprint density at radius 2 is 1.86 bits per heavy atom. The molecule has 1 rings (SSSR count). The highest BCUT2D eigenvalue weighted by atomic mass is 15.3. The molecule has 1 heterocycles. The van der Waals surface area contributed by atoms with Gasteiger partial charge in [0, 0.05) is 12.1 Å². The van der Waals surface area contributed by atoms with Gasteiger partial charge in [0.25, 0.3) is 0 Å². The van der Waals surface area contributed by atoms with E-state index in [4.69, 9.17) is 5.84 Å². The van der Waals surface area contributed by atoms with Crippen LogP contribution in [0.2, 0.25) is 0 Å². The van der Waals surface area contributed by atoms with Crippen molar-refractivity contribution in [2.45, 2.75) is 27.2 Å². The molecule has 0 saturated carbocycles. The third kappa shape index (κ3) is 2.32. The molecule has 78 valence electrons. The first-order valence-electron chi connectivity index (χ1n) is 4.74. The van der Waals surface area contributed by atoms with Crippen molar-refractivity contribution in [3.05, 3.63) is 11.4 Å². The standard InChI is InChI=1S/C9H17N5/c1-4-5-11-8-6(2)9(14-10)13-7(3)12-8/h4-5,10H2,1-3H3,(H2,11,12,13,14). The fourth-order valence-corrected chi connectivity index (χ4v) is 1.18.